The average molecular weight is 203 g/mol. The van der Waals surface area contributed by atoms with E-state index in [1.807, 2.05) is 0 Å². The summed E-state index contributed by atoms with van der Waals surface area (Å²) >= 11 is 6.52. The van der Waals surface area contributed by atoms with Crippen molar-refractivity contribution in [2.24, 2.45) is 0 Å². The second-order valence-electron chi connectivity index (χ2n) is 1.92. The number of amides is 1. The molecule has 0 aromatic carbocycles. The number of halogens is 1. The molecule has 0 aliphatic rings. The van der Waals surface area contributed by atoms with Gasteiger partial charge in [-0.1, -0.05) is 11.6 Å². The molecule has 0 saturated heterocycles. The van der Waals surface area contributed by atoms with Gasteiger partial charge < -0.3 is 5.73 Å². The van der Waals surface area contributed by atoms with Gasteiger partial charge in [-0.15, -0.1) is 11.3 Å². The molecule has 0 aliphatic carbocycles. The van der Waals surface area contributed by atoms with Crippen LogP contribution in [0.2, 0.25) is 0 Å². The molecule has 6 heteroatoms. The zero-order chi connectivity index (χ0) is 9.14. The highest BCUT2D eigenvalue weighted by atomic mass is 35.5. The normalized spacial score (nSPS) is 11.6. The Morgan fingerprint density at radius 3 is 2.83 bits per heavy atom. The lowest BCUT2D eigenvalue weighted by atomic mass is 10.2. The zero-order valence-corrected chi connectivity index (χ0v) is 7.45. The predicted molar refractivity (Wildman–Crippen MR) is 48.5 cm³/mol. The first-order chi connectivity index (χ1) is 5.65. The molecule has 1 rings (SSSR count). The number of rotatable bonds is 2. The molecule has 1 radical (unpaired) electrons. The maximum absolute atomic E-state index is 10.6. The van der Waals surface area contributed by atoms with E-state index < -0.39 is 5.91 Å². The van der Waals surface area contributed by atoms with Gasteiger partial charge >= 0.3 is 0 Å². The quantitative estimate of drug-likeness (QED) is 0.730. The molecule has 1 aromatic rings. The highest BCUT2D eigenvalue weighted by Crippen LogP contribution is 2.19. The van der Waals surface area contributed by atoms with E-state index >= 15 is 0 Å². The maximum Gasteiger partial charge on any atom is 0.272 e. The molecular formula is C6H5ClN3OS. The van der Waals surface area contributed by atoms with Gasteiger partial charge in [0.05, 0.1) is 11.3 Å². The molecule has 4 nitrogen and oxygen atoms in total. The van der Waals surface area contributed by atoms with E-state index in [1.165, 1.54) is 11.3 Å². The summed E-state index contributed by atoms with van der Waals surface area (Å²) in [5.41, 5.74) is 13.6. The minimum absolute atomic E-state index is 0.0598. The Balaban J connectivity index is 3.04. The summed E-state index contributed by atoms with van der Waals surface area (Å²) in [5.74, 6) is -0.865. The van der Waals surface area contributed by atoms with Gasteiger partial charge in [0.2, 0.25) is 0 Å². The first kappa shape index (κ1) is 9.02. The van der Waals surface area contributed by atoms with Crippen molar-refractivity contribution in [2.45, 2.75) is 0 Å². The molecule has 0 spiro atoms. The van der Waals surface area contributed by atoms with Crippen molar-refractivity contribution in [3.05, 3.63) is 16.6 Å². The van der Waals surface area contributed by atoms with Crippen LogP contribution in [-0.4, -0.2) is 10.9 Å². The van der Waals surface area contributed by atoms with Gasteiger partial charge in [0.1, 0.15) is 0 Å². The van der Waals surface area contributed by atoms with Crippen LogP contribution in [0.4, 0.5) is 5.13 Å². The minimum Gasteiger partial charge on any atom is -0.375 e. The van der Waals surface area contributed by atoms with Crippen molar-refractivity contribution >= 4 is 39.5 Å². The monoisotopic (exact) mass is 202 g/mol. The van der Waals surface area contributed by atoms with Crippen molar-refractivity contribution in [3.8, 4) is 0 Å². The number of carbonyl (C=O) groups excluding carboxylic acids is 1. The second-order valence-corrected chi connectivity index (χ2v) is 3.03. The summed E-state index contributed by atoms with van der Waals surface area (Å²) in [4.78, 5) is 14.4. The van der Waals surface area contributed by atoms with Crippen LogP contribution in [0.5, 0.6) is 0 Å². The van der Waals surface area contributed by atoms with Crippen molar-refractivity contribution in [2.75, 3.05) is 5.73 Å². The number of nitrogens with zero attached hydrogens (tertiary/aromatic N) is 1. The van der Waals surface area contributed by atoms with Gasteiger partial charge in [-0.3, -0.25) is 10.5 Å². The van der Waals surface area contributed by atoms with Gasteiger partial charge in [0.25, 0.3) is 5.91 Å². The Bertz CT molecular complexity index is 333. The van der Waals surface area contributed by atoms with Crippen LogP contribution in [0.25, 0.3) is 5.57 Å². The van der Waals surface area contributed by atoms with E-state index in [2.05, 4.69) is 4.98 Å². The Hall–Kier alpha value is -1.07. The molecule has 0 unspecified atom stereocenters. The van der Waals surface area contributed by atoms with Crippen molar-refractivity contribution in [3.63, 3.8) is 0 Å². The van der Waals surface area contributed by atoms with Gasteiger partial charge in [-0.05, 0) is 0 Å². The van der Waals surface area contributed by atoms with E-state index in [-0.39, 0.29) is 5.57 Å². The van der Waals surface area contributed by atoms with Crippen LogP contribution in [0.1, 0.15) is 5.69 Å². The second kappa shape index (κ2) is 3.55. The standard InChI is InChI=1S/C6H5ClN3OS/c7-1-3(5(8)11)4-2-12-6(9)10-4/h1-2,8H,(H2,9,10)/b3-1+. The molecule has 1 amide bonds. The number of anilines is 1. The fraction of sp³-hybridized carbons (Fsp3) is 0. The summed E-state index contributed by atoms with van der Waals surface area (Å²) in [7, 11) is 0. The largest absolute Gasteiger partial charge is 0.375 e. The third-order valence-corrected chi connectivity index (χ3v) is 2.04. The summed E-state index contributed by atoms with van der Waals surface area (Å²) < 4.78 is 0. The molecule has 0 fully saturated rings. The Morgan fingerprint density at radius 1 is 1.83 bits per heavy atom. The molecule has 12 heavy (non-hydrogen) atoms. The maximum atomic E-state index is 10.6. The third-order valence-electron chi connectivity index (χ3n) is 1.15. The third kappa shape index (κ3) is 1.75. The van der Waals surface area contributed by atoms with Crippen LogP contribution in [0, 0.1) is 0 Å². The van der Waals surface area contributed by atoms with Crippen molar-refractivity contribution in [1.82, 2.24) is 10.7 Å². The molecule has 1 aromatic heterocycles. The molecule has 1 heterocycles. The van der Waals surface area contributed by atoms with Crippen molar-refractivity contribution in [1.29, 1.82) is 0 Å². The molecule has 0 bridgehead atoms. The number of aromatic nitrogens is 1. The molecule has 0 aliphatic heterocycles. The van der Waals surface area contributed by atoms with E-state index in [1.54, 1.807) is 5.38 Å². The van der Waals surface area contributed by atoms with Crippen LogP contribution in [-0.2, 0) is 4.79 Å². The van der Waals surface area contributed by atoms with E-state index in [0.717, 1.165) is 5.54 Å². The first-order valence-electron chi connectivity index (χ1n) is 2.93. The fourth-order valence-corrected chi connectivity index (χ4v) is 1.41. The lowest BCUT2D eigenvalue weighted by Gasteiger charge is -1.93. The van der Waals surface area contributed by atoms with Crippen molar-refractivity contribution < 1.29 is 4.79 Å². The number of thiazole rings is 1. The van der Waals surface area contributed by atoms with Gasteiger partial charge in [0.15, 0.2) is 5.13 Å². The number of nitrogen functional groups attached to an aromatic ring is 1. The summed E-state index contributed by atoms with van der Waals surface area (Å²) in [6.07, 6.45) is 0. The minimum atomic E-state index is -0.865. The van der Waals surface area contributed by atoms with Crippen LogP contribution >= 0.6 is 22.9 Å². The molecular weight excluding hydrogens is 198 g/mol. The number of hydrogen-bond acceptors (Lipinski definition) is 4. The Kier molecular flexibility index (Phi) is 2.67. The lowest BCUT2D eigenvalue weighted by molar-refractivity contribution is -0.113. The molecule has 0 atom stereocenters. The highest BCUT2D eigenvalue weighted by Gasteiger charge is 2.11. The van der Waals surface area contributed by atoms with Gasteiger partial charge in [0, 0.05) is 10.9 Å². The lowest BCUT2D eigenvalue weighted by Crippen LogP contribution is -2.01. The fourth-order valence-electron chi connectivity index (χ4n) is 0.633. The van der Waals surface area contributed by atoms with E-state index in [4.69, 9.17) is 23.1 Å². The predicted octanol–water partition coefficient (Wildman–Crippen LogP) is 1.11. The number of nitrogens with two attached hydrogens (primary N) is 1. The number of carbonyl (C=O) groups is 1. The average Bonchev–Trinajstić information content (AvgIpc) is 2.37. The molecule has 63 valence electrons. The number of hydrogen-bond donors (Lipinski definition) is 1. The number of nitrogens with one attached hydrogen (secondary N) is 1. The van der Waals surface area contributed by atoms with E-state index in [0.29, 0.717) is 10.8 Å². The van der Waals surface area contributed by atoms with Crippen LogP contribution < -0.4 is 11.5 Å². The smallest absolute Gasteiger partial charge is 0.272 e. The SMILES string of the molecule is [NH]C(=O)/C(=C/Cl)c1csc(N)n1. The summed E-state index contributed by atoms with van der Waals surface area (Å²) in [5, 5.41) is 1.93. The highest BCUT2D eigenvalue weighted by molar-refractivity contribution is 7.13. The van der Waals surface area contributed by atoms with Crippen LogP contribution in [0.3, 0.4) is 0 Å². The topological polar surface area (TPSA) is 79.8 Å². The van der Waals surface area contributed by atoms with E-state index in [9.17, 15) is 4.79 Å². The first-order valence-corrected chi connectivity index (χ1v) is 4.24. The van der Waals surface area contributed by atoms with Crippen LogP contribution in [0.15, 0.2) is 10.9 Å². The molecule has 3 N–H and O–H groups in total. The molecule has 0 saturated carbocycles. The summed E-state index contributed by atoms with van der Waals surface area (Å²) in [6, 6.07) is 0. The zero-order valence-electron chi connectivity index (χ0n) is 5.87. The van der Waals surface area contributed by atoms with Gasteiger partial charge in [-0.2, -0.15) is 0 Å². The van der Waals surface area contributed by atoms with Gasteiger partial charge in [-0.25, -0.2) is 4.98 Å². The Morgan fingerprint density at radius 2 is 2.50 bits per heavy atom. The Labute approximate surface area is 77.8 Å². The summed E-state index contributed by atoms with van der Waals surface area (Å²) in [6.45, 7) is 0.